The molecular formula is C14H18N2O4. The molecule has 0 radical (unpaired) electrons. The normalized spacial score (nSPS) is 22.2. The van der Waals surface area contributed by atoms with Gasteiger partial charge in [0.1, 0.15) is 5.69 Å². The van der Waals surface area contributed by atoms with Gasteiger partial charge in [0.25, 0.3) is 5.91 Å². The molecule has 2 heterocycles. The molecule has 6 nitrogen and oxygen atoms in total. The molecule has 1 aromatic rings. The van der Waals surface area contributed by atoms with Crippen molar-refractivity contribution in [1.82, 2.24) is 9.88 Å². The number of rotatable bonds is 3. The smallest absolute Gasteiger partial charge is 0.311 e. The van der Waals surface area contributed by atoms with E-state index in [4.69, 9.17) is 0 Å². The van der Waals surface area contributed by atoms with E-state index in [9.17, 15) is 19.5 Å². The van der Waals surface area contributed by atoms with E-state index < -0.39 is 11.4 Å². The van der Waals surface area contributed by atoms with Crippen molar-refractivity contribution in [2.24, 2.45) is 11.3 Å². The van der Waals surface area contributed by atoms with Crippen LogP contribution in [0.2, 0.25) is 0 Å². The van der Waals surface area contributed by atoms with E-state index in [1.807, 2.05) is 13.8 Å². The molecule has 6 heteroatoms. The number of H-pyrrole nitrogens is 1. The summed E-state index contributed by atoms with van der Waals surface area (Å²) in [7, 11) is 0. The number of nitrogens with one attached hydrogen (secondary N) is 1. The van der Waals surface area contributed by atoms with Crippen LogP contribution in [0.3, 0.4) is 0 Å². The monoisotopic (exact) mass is 278 g/mol. The van der Waals surface area contributed by atoms with Crippen LogP contribution < -0.4 is 5.56 Å². The molecule has 1 aliphatic rings. The maximum atomic E-state index is 12.3. The molecule has 2 N–H and O–H groups in total. The molecule has 1 unspecified atom stereocenters. The van der Waals surface area contributed by atoms with Crippen LogP contribution >= 0.6 is 0 Å². The summed E-state index contributed by atoms with van der Waals surface area (Å²) in [5, 5.41) is 9.45. The minimum absolute atomic E-state index is 0.0624. The highest BCUT2D eigenvalue weighted by Gasteiger charge is 2.48. The van der Waals surface area contributed by atoms with Gasteiger partial charge in [-0.15, -0.1) is 0 Å². The number of aliphatic carboxylic acids is 1. The largest absolute Gasteiger partial charge is 0.481 e. The second-order valence-electron chi connectivity index (χ2n) is 5.52. The van der Waals surface area contributed by atoms with Crippen LogP contribution in [-0.4, -0.2) is 40.0 Å². The van der Waals surface area contributed by atoms with Gasteiger partial charge in [0.2, 0.25) is 5.56 Å². The Kier molecular flexibility index (Phi) is 3.65. The van der Waals surface area contributed by atoms with Crippen LogP contribution in [0.1, 0.15) is 30.8 Å². The zero-order chi connectivity index (χ0) is 14.9. The predicted molar refractivity (Wildman–Crippen MR) is 72.5 cm³/mol. The van der Waals surface area contributed by atoms with Crippen LogP contribution in [0.25, 0.3) is 0 Å². The van der Waals surface area contributed by atoms with E-state index in [0.717, 1.165) is 0 Å². The maximum absolute atomic E-state index is 12.3. The minimum atomic E-state index is -0.898. The van der Waals surface area contributed by atoms with Crippen molar-refractivity contribution < 1.29 is 14.7 Å². The van der Waals surface area contributed by atoms with E-state index >= 15 is 0 Å². The average molecular weight is 278 g/mol. The van der Waals surface area contributed by atoms with Crippen LogP contribution in [0.15, 0.2) is 23.0 Å². The lowest BCUT2D eigenvalue weighted by Gasteiger charge is -2.28. The Morgan fingerprint density at radius 2 is 2.10 bits per heavy atom. The zero-order valence-electron chi connectivity index (χ0n) is 11.5. The van der Waals surface area contributed by atoms with Gasteiger partial charge in [-0.1, -0.05) is 19.9 Å². The molecule has 1 aromatic heterocycles. The van der Waals surface area contributed by atoms with Gasteiger partial charge in [0, 0.05) is 19.2 Å². The number of aromatic nitrogens is 1. The van der Waals surface area contributed by atoms with Crippen molar-refractivity contribution in [3.05, 3.63) is 34.2 Å². The van der Waals surface area contributed by atoms with E-state index in [2.05, 4.69) is 4.98 Å². The van der Waals surface area contributed by atoms with Gasteiger partial charge in [-0.2, -0.15) is 0 Å². The van der Waals surface area contributed by atoms with Crippen molar-refractivity contribution in [3.8, 4) is 0 Å². The molecule has 1 atom stereocenters. The summed E-state index contributed by atoms with van der Waals surface area (Å²) >= 11 is 0. The predicted octanol–water partition coefficient (Wildman–Crippen LogP) is 0.948. The number of hydrogen-bond donors (Lipinski definition) is 2. The summed E-state index contributed by atoms with van der Waals surface area (Å²) in [6.07, 6.45) is 0.433. The number of carbonyl (C=O) groups is 2. The Morgan fingerprint density at radius 3 is 2.60 bits per heavy atom. The third-order valence-corrected chi connectivity index (χ3v) is 4.12. The Labute approximate surface area is 116 Å². The van der Waals surface area contributed by atoms with Gasteiger partial charge in [0.05, 0.1) is 5.41 Å². The van der Waals surface area contributed by atoms with Crippen LogP contribution in [0.4, 0.5) is 0 Å². The first-order valence-corrected chi connectivity index (χ1v) is 6.59. The lowest BCUT2D eigenvalue weighted by Crippen LogP contribution is -2.41. The molecule has 1 saturated heterocycles. The number of amides is 1. The minimum Gasteiger partial charge on any atom is -0.481 e. The Balaban J connectivity index is 2.23. The standard InChI is InChI=1S/C14H18N2O4/c1-9(2)14(13(19)20)6-7-16(8-14)12(18)10-4-3-5-11(17)15-10/h3-5,9H,6-8H2,1-2H3,(H,15,17)(H,19,20). The summed E-state index contributed by atoms with van der Waals surface area (Å²) in [5.74, 6) is -1.26. The SMILES string of the molecule is CC(C)C1(C(=O)O)CCN(C(=O)c2cccc(=O)[nH]2)C1. The van der Waals surface area contributed by atoms with Gasteiger partial charge < -0.3 is 15.0 Å². The number of carbonyl (C=O) groups excluding carboxylic acids is 1. The van der Waals surface area contributed by atoms with Crippen LogP contribution in [0.5, 0.6) is 0 Å². The van der Waals surface area contributed by atoms with Crippen LogP contribution in [0, 0.1) is 11.3 Å². The number of nitrogens with zero attached hydrogens (tertiary/aromatic N) is 1. The Bertz CT molecular complexity index is 593. The third-order valence-electron chi connectivity index (χ3n) is 4.12. The number of likely N-dealkylation sites (tertiary alicyclic amines) is 1. The summed E-state index contributed by atoms with van der Waals surface area (Å²) in [6, 6.07) is 4.37. The topological polar surface area (TPSA) is 90.5 Å². The third kappa shape index (κ3) is 2.33. The number of carboxylic acid groups (broad SMARTS) is 1. The van der Waals surface area contributed by atoms with E-state index in [1.165, 1.54) is 23.1 Å². The first-order valence-electron chi connectivity index (χ1n) is 6.59. The first kappa shape index (κ1) is 14.3. The Hall–Kier alpha value is -2.11. The molecule has 1 amide bonds. The quantitative estimate of drug-likeness (QED) is 0.861. The highest BCUT2D eigenvalue weighted by Crippen LogP contribution is 2.38. The van der Waals surface area contributed by atoms with Gasteiger partial charge in [-0.05, 0) is 18.4 Å². The molecular weight excluding hydrogens is 260 g/mol. The number of pyridine rings is 1. The van der Waals surface area contributed by atoms with E-state index in [-0.39, 0.29) is 29.6 Å². The number of aromatic amines is 1. The lowest BCUT2D eigenvalue weighted by molar-refractivity contribution is -0.150. The summed E-state index contributed by atoms with van der Waals surface area (Å²) in [5.41, 5.74) is -1.05. The molecule has 2 rings (SSSR count). The van der Waals surface area contributed by atoms with Crippen molar-refractivity contribution >= 4 is 11.9 Å². The second-order valence-corrected chi connectivity index (χ2v) is 5.52. The summed E-state index contributed by atoms with van der Waals surface area (Å²) in [4.78, 5) is 39.0. The lowest BCUT2D eigenvalue weighted by atomic mass is 9.76. The molecule has 0 spiro atoms. The molecule has 0 saturated carbocycles. The zero-order valence-corrected chi connectivity index (χ0v) is 11.5. The van der Waals surface area contributed by atoms with Crippen LogP contribution in [-0.2, 0) is 4.79 Å². The van der Waals surface area contributed by atoms with Gasteiger partial charge in [0.15, 0.2) is 0 Å². The van der Waals surface area contributed by atoms with E-state index in [0.29, 0.717) is 13.0 Å². The average Bonchev–Trinajstić information content (AvgIpc) is 2.84. The van der Waals surface area contributed by atoms with Crippen molar-refractivity contribution in [1.29, 1.82) is 0 Å². The highest BCUT2D eigenvalue weighted by atomic mass is 16.4. The molecule has 20 heavy (non-hydrogen) atoms. The summed E-state index contributed by atoms with van der Waals surface area (Å²) < 4.78 is 0. The fourth-order valence-corrected chi connectivity index (χ4v) is 2.64. The molecule has 0 aliphatic carbocycles. The Morgan fingerprint density at radius 1 is 1.40 bits per heavy atom. The van der Waals surface area contributed by atoms with E-state index in [1.54, 1.807) is 0 Å². The van der Waals surface area contributed by atoms with Crippen molar-refractivity contribution in [2.45, 2.75) is 20.3 Å². The number of hydrogen-bond acceptors (Lipinski definition) is 3. The van der Waals surface area contributed by atoms with Gasteiger partial charge in [-0.3, -0.25) is 14.4 Å². The first-order chi connectivity index (χ1) is 9.36. The van der Waals surface area contributed by atoms with Gasteiger partial charge >= 0.3 is 5.97 Å². The van der Waals surface area contributed by atoms with Crippen molar-refractivity contribution in [2.75, 3.05) is 13.1 Å². The molecule has 0 aromatic carbocycles. The fourth-order valence-electron chi connectivity index (χ4n) is 2.64. The second kappa shape index (κ2) is 5.11. The maximum Gasteiger partial charge on any atom is 0.311 e. The van der Waals surface area contributed by atoms with Crippen molar-refractivity contribution in [3.63, 3.8) is 0 Å². The highest BCUT2D eigenvalue weighted by molar-refractivity contribution is 5.93. The fraction of sp³-hybridized carbons (Fsp3) is 0.500. The molecule has 108 valence electrons. The number of carboxylic acids is 1. The molecule has 1 aliphatic heterocycles. The summed E-state index contributed by atoms with van der Waals surface area (Å²) in [6.45, 7) is 4.27. The van der Waals surface area contributed by atoms with Gasteiger partial charge in [-0.25, -0.2) is 0 Å². The molecule has 1 fully saturated rings. The molecule has 0 bridgehead atoms.